The summed E-state index contributed by atoms with van der Waals surface area (Å²) in [6.45, 7) is 0.390. The van der Waals surface area contributed by atoms with Crippen LogP contribution in [0.2, 0.25) is 0 Å². The molecule has 0 fully saturated rings. The molecule has 2 aromatic rings. The first-order valence-electron chi connectivity index (χ1n) is 4.35. The lowest BCUT2D eigenvalue weighted by molar-refractivity contribution is 0.394. The van der Waals surface area contributed by atoms with Crippen LogP contribution in [0.25, 0.3) is 0 Å². The second-order valence-electron chi connectivity index (χ2n) is 2.75. The van der Waals surface area contributed by atoms with Crippen molar-refractivity contribution in [3.63, 3.8) is 0 Å². The highest BCUT2D eigenvalue weighted by Gasteiger charge is 2.05. The van der Waals surface area contributed by atoms with Crippen molar-refractivity contribution in [3.8, 4) is 5.88 Å². The Bertz CT molecular complexity index is 461. The van der Waals surface area contributed by atoms with E-state index in [4.69, 9.17) is 4.74 Å². The lowest BCUT2D eigenvalue weighted by atomic mass is 10.6. The maximum atomic E-state index is 5.03. The Morgan fingerprint density at radius 1 is 1.50 bits per heavy atom. The average Bonchev–Trinajstić information content (AvgIpc) is 2.81. The van der Waals surface area contributed by atoms with Crippen LogP contribution in [0.5, 0.6) is 5.88 Å². The lowest BCUT2D eigenvalue weighted by Crippen LogP contribution is -2.05. The fourth-order valence-electron chi connectivity index (χ4n) is 1.01. The van der Waals surface area contributed by atoms with Gasteiger partial charge in [0, 0.05) is 0 Å². The summed E-state index contributed by atoms with van der Waals surface area (Å²) in [6, 6.07) is 0. The summed E-state index contributed by atoms with van der Waals surface area (Å²) in [4.78, 5) is 12.0. The molecule has 0 bridgehead atoms. The molecular weight excluding hydrogens is 278 g/mol. The first kappa shape index (κ1) is 10.8. The Morgan fingerprint density at radius 3 is 3.06 bits per heavy atom. The van der Waals surface area contributed by atoms with E-state index in [-0.39, 0.29) is 0 Å². The molecule has 1 N–H and O–H groups in total. The van der Waals surface area contributed by atoms with E-state index in [0.717, 1.165) is 0 Å². The molecule has 2 rings (SSSR count). The third-order valence-electron chi connectivity index (χ3n) is 1.72. The zero-order valence-corrected chi connectivity index (χ0v) is 9.93. The van der Waals surface area contributed by atoms with Crippen molar-refractivity contribution in [2.24, 2.45) is 0 Å². The van der Waals surface area contributed by atoms with Crippen molar-refractivity contribution >= 4 is 21.9 Å². The van der Waals surface area contributed by atoms with E-state index in [9.17, 15) is 0 Å². The van der Waals surface area contributed by atoms with E-state index in [1.165, 1.54) is 13.5 Å². The van der Waals surface area contributed by atoms with E-state index in [0.29, 0.717) is 28.7 Å². The summed E-state index contributed by atoms with van der Waals surface area (Å²) in [7, 11) is 1.54. The Kier molecular flexibility index (Phi) is 3.30. The number of aromatic nitrogens is 4. The monoisotopic (exact) mass is 285 g/mol. The van der Waals surface area contributed by atoms with Crippen molar-refractivity contribution < 1.29 is 9.26 Å². The third-order valence-corrected chi connectivity index (χ3v) is 2.26. The van der Waals surface area contributed by atoms with Gasteiger partial charge in [-0.25, -0.2) is 4.98 Å². The minimum atomic E-state index is 0.390. The van der Waals surface area contributed by atoms with Gasteiger partial charge in [-0.1, -0.05) is 5.16 Å². The van der Waals surface area contributed by atoms with E-state index >= 15 is 0 Å². The molecule has 0 amide bonds. The van der Waals surface area contributed by atoms with Gasteiger partial charge in [-0.2, -0.15) is 9.97 Å². The molecule has 7 nitrogen and oxygen atoms in total. The molecule has 0 spiro atoms. The van der Waals surface area contributed by atoms with E-state index < -0.39 is 0 Å². The second-order valence-corrected chi connectivity index (χ2v) is 3.61. The number of nitrogens with zero attached hydrogens (tertiary/aromatic N) is 4. The molecule has 0 unspecified atom stereocenters. The van der Waals surface area contributed by atoms with Crippen LogP contribution in [-0.4, -0.2) is 27.2 Å². The Morgan fingerprint density at radius 2 is 2.38 bits per heavy atom. The molecule has 0 saturated heterocycles. The van der Waals surface area contributed by atoms with Gasteiger partial charge < -0.3 is 14.6 Å². The number of halogens is 1. The molecule has 0 atom stereocenters. The molecule has 0 radical (unpaired) electrons. The number of methoxy groups -OCH3 is 1. The number of ether oxygens (including phenoxy) is 1. The van der Waals surface area contributed by atoms with Gasteiger partial charge in [-0.05, 0) is 15.9 Å². The summed E-state index contributed by atoms with van der Waals surface area (Å²) in [5, 5.41) is 6.59. The molecule has 84 valence electrons. The summed E-state index contributed by atoms with van der Waals surface area (Å²) in [5.41, 5.74) is 0. The number of nitrogens with one attached hydrogen (secondary N) is 1. The van der Waals surface area contributed by atoms with Crippen molar-refractivity contribution in [2.45, 2.75) is 6.54 Å². The van der Waals surface area contributed by atoms with Gasteiger partial charge in [0.2, 0.25) is 18.2 Å². The predicted molar refractivity (Wildman–Crippen MR) is 57.9 cm³/mol. The Labute approximate surface area is 99.4 Å². The van der Waals surface area contributed by atoms with Gasteiger partial charge in [0.05, 0.1) is 24.3 Å². The summed E-state index contributed by atoms with van der Waals surface area (Å²) >= 11 is 3.26. The van der Waals surface area contributed by atoms with Gasteiger partial charge in [0.25, 0.3) is 0 Å². The number of hydrogen-bond donors (Lipinski definition) is 1. The normalized spacial score (nSPS) is 10.1. The summed E-state index contributed by atoms with van der Waals surface area (Å²) < 4.78 is 10.3. The molecule has 2 aromatic heterocycles. The number of hydrogen-bond acceptors (Lipinski definition) is 7. The maximum Gasteiger partial charge on any atom is 0.232 e. The van der Waals surface area contributed by atoms with Crippen LogP contribution in [0, 0.1) is 0 Å². The topological polar surface area (TPSA) is 86.0 Å². The van der Waals surface area contributed by atoms with Crippen molar-refractivity contribution in [3.05, 3.63) is 22.9 Å². The van der Waals surface area contributed by atoms with Gasteiger partial charge in [0.15, 0.2) is 5.82 Å². The van der Waals surface area contributed by atoms with Crippen molar-refractivity contribution in [2.75, 3.05) is 12.4 Å². The van der Waals surface area contributed by atoms with Gasteiger partial charge >= 0.3 is 0 Å². The molecule has 0 aromatic carbocycles. The zero-order valence-electron chi connectivity index (χ0n) is 8.35. The zero-order chi connectivity index (χ0) is 11.4. The van der Waals surface area contributed by atoms with Gasteiger partial charge in [-0.3, -0.25) is 0 Å². The fourth-order valence-corrected chi connectivity index (χ4v) is 1.36. The molecule has 0 aliphatic rings. The van der Waals surface area contributed by atoms with Crippen LogP contribution in [0.4, 0.5) is 5.95 Å². The second kappa shape index (κ2) is 4.88. The minimum absolute atomic E-state index is 0.390. The molecule has 0 aliphatic heterocycles. The van der Waals surface area contributed by atoms with Crippen LogP contribution >= 0.6 is 15.9 Å². The van der Waals surface area contributed by atoms with Gasteiger partial charge in [-0.15, -0.1) is 0 Å². The Balaban J connectivity index is 2.04. The average molecular weight is 286 g/mol. The summed E-state index contributed by atoms with van der Waals surface area (Å²) in [6.07, 6.45) is 2.87. The number of rotatable bonds is 4. The van der Waals surface area contributed by atoms with Crippen LogP contribution in [0.3, 0.4) is 0 Å². The molecule has 16 heavy (non-hydrogen) atoms. The van der Waals surface area contributed by atoms with Crippen LogP contribution in [-0.2, 0) is 6.54 Å². The van der Waals surface area contributed by atoms with E-state index in [2.05, 4.69) is 45.9 Å². The lowest BCUT2D eigenvalue weighted by Gasteiger charge is -2.05. The maximum absolute atomic E-state index is 5.03. The van der Waals surface area contributed by atoms with Crippen molar-refractivity contribution in [1.82, 2.24) is 20.1 Å². The van der Waals surface area contributed by atoms with E-state index in [1.807, 2.05) is 0 Å². The summed E-state index contributed by atoms with van der Waals surface area (Å²) in [5.74, 6) is 1.43. The number of anilines is 1. The fraction of sp³-hybridized carbons (Fsp3) is 0.250. The molecule has 0 saturated carbocycles. The third kappa shape index (κ3) is 2.45. The van der Waals surface area contributed by atoms with Gasteiger partial charge in [0.1, 0.15) is 0 Å². The quantitative estimate of drug-likeness (QED) is 0.904. The minimum Gasteiger partial charge on any atom is -0.480 e. The Hall–Kier alpha value is -1.70. The molecular formula is C8H8BrN5O2. The molecule has 0 aliphatic carbocycles. The van der Waals surface area contributed by atoms with Crippen LogP contribution in [0.1, 0.15) is 5.82 Å². The van der Waals surface area contributed by atoms with Crippen molar-refractivity contribution in [1.29, 1.82) is 0 Å². The highest BCUT2D eigenvalue weighted by molar-refractivity contribution is 9.10. The SMILES string of the molecule is COc1nc(NCc2ncon2)ncc1Br. The van der Waals surface area contributed by atoms with Crippen LogP contribution < -0.4 is 10.1 Å². The van der Waals surface area contributed by atoms with E-state index in [1.54, 1.807) is 6.20 Å². The smallest absolute Gasteiger partial charge is 0.232 e. The standard InChI is InChI=1S/C8H8BrN5O2/c1-15-7-5(9)2-10-8(13-7)11-3-6-12-4-16-14-6/h2,4H,3H2,1H3,(H,10,11,13). The first-order chi connectivity index (χ1) is 7.79. The predicted octanol–water partition coefficient (Wildman–Crippen LogP) is 1.24. The first-order valence-corrected chi connectivity index (χ1v) is 5.14. The highest BCUT2D eigenvalue weighted by Crippen LogP contribution is 2.21. The molecule has 8 heteroatoms. The largest absolute Gasteiger partial charge is 0.480 e. The molecule has 2 heterocycles. The highest BCUT2D eigenvalue weighted by atomic mass is 79.9. The van der Waals surface area contributed by atoms with Crippen LogP contribution in [0.15, 0.2) is 21.6 Å².